The van der Waals surface area contributed by atoms with Crippen LogP contribution in [0, 0.1) is 13.8 Å². The maximum atomic E-state index is 13.1. The molecule has 2 aromatic carbocycles. The molecule has 1 N–H and O–H groups in total. The Balaban J connectivity index is 1.93. The molecule has 1 fully saturated rings. The summed E-state index contributed by atoms with van der Waals surface area (Å²) in [6.07, 6.45) is 0. The number of Topliss-reactive ketones (excluding diaryl/α,β-unsaturated/α-hetero) is 1. The van der Waals surface area contributed by atoms with Crippen LogP contribution < -0.4 is 9.64 Å². The topological polar surface area (TPSA) is 92.9 Å². The third kappa shape index (κ3) is 3.57. The molecule has 1 atom stereocenters. The van der Waals surface area contributed by atoms with Gasteiger partial charge in [-0.2, -0.15) is 0 Å². The van der Waals surface area contributed by atoms with Crippen molar-refractivity contribution in [3.8, 4) is 5.75 Å². The molecule has 0 radical (unpaired) electrons. The monoisotopic (exact) mass is 438 g/mol. The Morgan fingerprint density at radius 3 is 2.42 bits per heavy atom. The SMILES string of the molecule is COc1ccc(/C(O)=C2\C(=O)C(=O)N(c3cc(C)on3)[C@H]2c2ccc(Cl)cc2)cc1C. The van der Waals surface area contributed by atoms with Crippen LogP contribution in [0.3, 0.4) is 0 Å². The highest BCUT2D eigenvalue weighted by molar-refractivity contribution is 6.51. The summed E-state index contributed by atoms with van der Waals surface area (Å²) in [5.41, 5.74) is 1.72. The van der Waals surface area contributed by atoms with Gasteiger partial charge in [0, 0.05) is 16.7 Å². The van der Waals surface area contributed by atoms with Crippen molar-refractivity contribution in [2.75, 3.05) is 12.0 Å². The van der Waals surface area contributed by atoms with E-state index < -0.39 is 17.7 Å². The van der Waals surface area contributed by atoms with Crippen molar-refractivity contribution in [1.82, 2.24) is 5.16 Å². The largest absolute Gasteiger partial charge is 0.507 e. The molecule has 0 spiro atoms. The molecule has 0 aliphatic carbocycles. The number of ether oxygens (including phenoxy) is 1. The molecule has 8 heteroatoms. The zero-order valence-corrected chi connectivity index (χ0v) is 17.8. The molecule has 4 rings (SSSR count). The lowest BCUT2D eigenvalue weighted by molar-refractivity contribution is -0.132. The fourth-order valence-corrected chi connectivity index (χ4v) is 3.80. The number of carbonyl (C=O) groups excluding carboxylic acids is 2. The van der Waals surface area contributed by atoms with Crippen LogP contribution in [0.5, 0.6) is 5.75 Å². The van der Waals surface area contributed by atoms with E-state index in [2.05, 4.69) is 5.16 Å². The zero-order chi connectivity index (χ0) is 22.3. The minimum absolute atomic E-state index is 0.0439. The standard InChI is InChI=1S/C23H19ClN2O5/c1-12-10-15(6-9-17(12)30-3)21(27)19-20(14-4-7-16(24)8-5-14)26(23(29)22(19)28)18-11-13(2)31-25-18/h4-11,20,27H,1-3H3/b21-19+/t20-/m0/s1. The maximum absolute atomic E-state index is 13.1. The first-order chi connectivity index (χ1) is 14.8. The Morgan fingerprint density at radius 2 is 1.84 bits per heavy atom. The van der Waals surface area contributed by atoms with Crippen molar-refractivity contribution in [3.05, 3.63) is 81.6 Å². The highest BCUT2D eigenvalue weighted by Gasteiger charge is 2.48. The van der Waals surface area contributed by atoms with Gasteiger partial charge in [0.1, 0.15) is 17.3 Å². The summed E-state index contributed by atoms with van der Waals surface area (Å²) >= 11 is 6.03. The molecule has 158 valence electrons. The van der Waals surface area contributed by atoms with Gasteiger partial charge in [-0.25, -0.2) is 0 Å². The predicted octanol–water partition coefficient (Wildman–Crippen LogP) is 4.58. The lowest BCUT2D eigenvalue weighted by Crippen LogP contribution is -2.29. The number of halogens is 1. The predicted molar refractivity (Wildman–Crippen MR) is 115 cm³/mol. The van der Waals surface area contributed by atoms with Crippen LogP contribution in [-0.4, -0.2) is 29.1 Å². The van der Waals surface area contributed by atoms with Gasteiger partial charge in [-0.1, -0.05) is 28.9 Å². The zero-order valence-electron chi connectivity index (χ0n) is 17.0. The number of amides is 1. The van der Waals surface area contributed by atoms with E-state index >= 15 is 0 Å². The van der Waals surface area contributed by atoms with Gasteiger partial charge in [-0.15, -0.1) is 0 Å². The highest BCUT2D eigenvalue weighted by atomic mass is 35.5. The number of hydrogen-bond donors (Lipinski definition) is 1. The molecule has 1 aliphatic heterocycles. The molecule has 1 saturated heterocycles. The molecular formula is C23H19ClN2O5. The fourth-order valence-electron chi connectivity index (χ4n) is 3.68. The van der Waals surface area contributed by atoms with Crippen molar-refractivity contribution < 1.29 is 24.0 Å². The summed E-state index contributed by atoms with van der Waals surface area (Å²) in [6.45, 7) is 3.51. The third-order valence-electron chi connectivity index (χ3n) is 5.16. The summed E-state index contributed by atoms with van der Waals surface area (Å²) in [6, 6.07) is 12.4. The third-order valence-corrected chi connectivity index (χ3v) is 5.41. The number of nitrogens with zero attached hydrogens (tertiary/aromatic N) is 2. The first kappa shape index (κ1) is 20.7. The van der Waals surface area contributed by atoms with E-state index in [9.17, 15) is 14.7 Å². The van der Waals surface area contributed by atoms with E-state index in [1.54, 1.807) is 62.6 Å². The molecule has 0 unspecified atom stereocenters. The Hall–Kier alpha value is -3.58. The average molecular weight is 439 g/mol. The fraction of sp³-hybridized carbons (Fsp3) is 0.174. The second-order valence-corrected chi connectivity index (χ2v) is 7.64. The van der Waals surface area contributed by atoms with E-state index in [0.29, 0.717) is 27.7 Å². The molecule has 2 heterocycles. The van der Waals surface area contributed by atoms with Gasteiger partial charge >= 0.3 is 5.91 Å². The molecular weight excluding hydrogens is 420 g/mol. The molecule has 31 heavy (non-hydrogen) atoms. The van der Waals surface area contributed by atoms with Crippen molar-refractivity contribution in [1.29, 1.82) is 0 Å². The number of aromatic nitrogens is 1. The first-order valence-electron chi connectivity index (χ1n) is 9.46. The summed E-state index contributed by atoms with van der Waals surface area (Å²) < 4.78 is 10.4. The van der Waals surface area contributed by atoms with Crippen molar-refractivity contribution in [2.24, 2.45) is 0 Å². The van der Waals surface area contributed by atoms with Crippen LogP contribution in [0.2, 0.25) is 5.02 Å². The number of rotatable bonds is 4. The van der Waals surface area contributed by atoms with Crippen LogP contribution >= 0.6 is 11.6 Å². The van der Waals surface area contributed by atoms with Gasteiger partial charge in [0.15, 0.2) is 5.82 Å². The maximum Gasteiger partial charge on any atom is 0.301 e. The first-order valence-corrected chi connectivity index (χ1v) is 9.84. The molecule has 3 aromatic rings. The van der Waals surface area contributed by atoms with Gasteiger partial charge in [0.25, 0.3) is 5.78 Å². The summed E-state index contributed by atoms with van der Waals surface area (Å²) in [5, 5.41) is 15.5. The Morgan fingerprint density at radius 1 is 1.13 bits per heavy atom. The Bertz CT molecular complexity index is 1210. The van der Waals surface area contributed by atoms with Gasteiger partial charge in [-0.05, 0) is 55.3 Å². The van der Waals surface area contributed by atoms with Crippen LogP contribution in [0.1, 0.15) is 28.5 Å². The number of benzene rings is 2. The second kappa shape index (κ2) is 7.92. The average Bonchev–Trinajstić information content (AvgIpc) is 3.29. The van der Waals surface area contributed by atoms with Crippen molar-refractivity contribution in [3.63, 3.8) is 0 Å². The Labute approximate surface area is 183 Å². The number of aliphatic hydroxyl groups is 1. The van der Waals surface area contributed by atoms with Crippen LogP contribution in [0.4, 0.5) is 5.82 Å². The molecule has 7 nitrogen and oxygen atoms in total. The van der Waals surface area contributed by atoms with Gasteiger partial charge in [0.2, 0.25) is 0 Å². The molecule has 1 amide bonds. The minimum Gasteiger partial charge on any atom is -0.507 e. The van der Waals surface area contributed by atoms with Gasteiger partial charge in [-0.3, -0.25) is 14.5 Å². The van der Waals surface area contributed by atoms with E-state index in [-0.39, 0.29) is 17.2 Å². The number of aliphatic hydroxyl groups excluding tert-OH is 1. The summed E-state index contributed by atoms with van der Waals surface area (Å²) in [4.78, 5) is 27.3. The molecule has 1 aromatic heterocycles. The normalized spacial score (nSPS) is 17.9. The molecule has 0 saturated carbocycles. The van der Waals surface area contributed by atoms with Crippen LogP contribution in [0.15, 0.2) is 58.6 Å². The number of aryl methyl sites for hydroxylation is 2. The number of methoxy groups -OCH3 is 1. The molecule has 0 bridgehead atoms. The van der Waals surface area contributed by atoms with Crippen molar-refractivity contribution >= 4 is 34.9 Å². The lowest BCUT2D eigenvalue weighted by Gasteiger charge is -2.23. The lowest BCUT2D eigenvalue weighted by atomic mass is 9.95. The van der Waals surface area contributed by atoms with Crippen molar-refractivity contribution in [2.45, 2.75) is 19.9 Å². The smallest absolute Gasteiger partial charge is 0.301 e. The van der Waals surface area contributed by atoms with Crippen LogP contribution in [0.25, 0.3) is 5.76 Å². The second-order valence-electron chi connectivity index (χ2n) is 7.20. The number of carbonyl (C=O) groups is 2. The highest BCUT2D eigenvalue weighted by Crippen LogP contribution is 2.42. The van der Waals surface area contributed by atoms with Gasteiger partial charge in [0.05, 0.1) is 18.7 Å². The van der Waals surface area contributed by atoms with E-state index in [0.717, 1.165) is 5.56 Å². The van der Waals surface area contributed by atoms with E-state index in [1.807, 2.05) is 6.92 Å². The van der Waals surface area contributed by atoms with E-state index in [4.69, 9.17) is 20.9 Å². The van der Waals surface area contributed by atoms with E-state index in [1.165, 1.54) is 4.90 Å². The quantitative estimate of drug-likeness (QED) is 0.364. The summed E-state index contributed by atoms with van der Waals surface area (Å²) in [7, 11) is 1.55. The number of anilines is 1. The molecule has 1 aliphatic rings. The number of hydrogen-bond acceptors (Lipinski definition) is 6. The van der Waals surface area contributed by atoms with Gasteiger partial charge < -0.3 is 14.4 Å². The van der Waals surface area contributed by atoms with Crippen LogP contribution in [-0.2, 0) is 9.59 Å². The minimum atomic E-state index is -0.899. The summed E-state index contributed by atoms with van der Waals surface area (Å²) in [5.74, 6) is -0.593. The Kier molecular flexibility index (Phi) is 5.29. The number of ketones is 1.